The van der Waals surface area contributed by atoms with Gasteiger partial charge in [-0.2, -0.15) is 0 Å². The van der Waals surface area contributed by atoms with Crippen LogP contribution < -0.4 is 5.32 Å². The highest BCUT2D eigenvalue weighted by Crippen LogP contribution is 2.27. The van der Waals surface area contributed by atoms with Crippen LogP contribution in [-0.4, -0.2) is 6.54 Å². The molecule has 2 rings (SSSR count). The molecule has 0 spiro atoms. The lowest BCUT2D eigenvalue weighted by atomic mass is 9.98. The van der Waals surface area contributed by atoms with Crippen LogP contribution in [0.1, 0.15) is 30.5 Å². The normalized spacial score (nSPS) is 12.4. The van der Waals surface area contributed by atoms with Crippen LogP contribution in [-0.2, 0) is 6.42 Å². The van der Waals surface area contributed by atoms with Crippen LogP contribution in [0.2, 0.25) is 10.0 Å². The van der Waals surface area contributed by atoms with Crippen molar-refractivity contribution in [1.82, 2.24) is 5.32 Å². The maximum atomic E-state index is 14.0. The molecular weight excluding hydrogens is 308 g/mol. The van der Waals surface area contributed by atoms with E-state index in [2.05, 4.69) is 12.2 Å². The SMILES string of the molecule is CCCNC(Cc1ccc(Cl)cc1F)c1ccccc1Cl. The summed E-state index contributed by atoms with van der Waals surface area (Å²) in [6, 6.07) is 12.4. The molecular formula is C17H18Cl2FN. The molecule has 0 saturated heterocycles. The Bertz CT molecular complexity index is 601. The zero-order valence-electron chi connectivity index (χ0n) is 11.9. The lowest BCUT2D eigenvalue weighted by molar-refractivity contribution is 0.513. The van der Waals surface area contributed by atoms with Gasteiger partial charge in [-0.1, -0.05) is 54.4 Å². The highest BCUT2D eigenvalue weighted by molar-refractivity contribution is 6.31. The third kappa shape index (κ3) is 4.44. The molecule has 0 radical (unpaired) electrons. The highest BCUT2D eigenvalue weighted by atomic mass is 35.5. The number of rotatable bonds is 6. The molecule has 112 valence electrons. The summed E-state index contributed by atoms with van der Waals surface area (Å²) in [6.45, 7) is 2.95. The summed E-state index contributed by atoms with van der Waals surface area (Å²) >= 11 is 12.1. The fourth-order valence-electron chi connectivity index (χ4n) is 2.28. The Labute approximate surface area is 135 Å². The highest BCUT2D eigenvalue weighted by Gasteiger charge is 2.16. The second-order valence-electron chi connectivity index (χ2n) is 4.97. The molecule has 0 aliphatic carbocycles. The van der Waals surface area contributed by atoms with Crippen LogP contribution in [0.3, 0.4) is 0 Å². The second-order valence-corrected chi connectivity index (χ2v) is 5.81. The van der Waals surface area contributed by atoms with Crippen LogP contribution >= 0.6 is 23.2 Å². The Hall–Kier alpha value is -1.09. The van der Waals surface area contributed by atoms with Gasteiger partial charge in [-0.15, -0.1) is 0 Å². The van der Waals surface area contributed by atoms with E-state index in [0.717, 1.165) is 18.5 Å². The molecule has 0 fully saturated rings. The van der Waals surface area contributed by atoms with Gasteiger partial charge in [0.2, 0.25) is 0 Å². The Morgan fingerprint density at radius 1 is 1.14 bits per heavy atom. The molecule has 0 saturated carbocycles. The molecule has 0 amide bonds. The minimum absolute atomic E-state index is 0.0191. The molecule has 1 unspecified atom stereocenters. The van der Waals surface area contributed by atoms with Crippen LogP contribution in [0.25, 0.3) is 0 Å². The van der Waals surface area contributed by atoms with Crippen LogP contribution in [0.5, 0.6) is 0 Å². The van der Waals surface area contributed by atoms with Crippen molar-refractivity contribution >= 4 is 23.2 Å². The van der Waals surface area contributed by atoms with Gasteiger partial charge >= 0.3 is 0 Å². The monoisotopic (exact) mass is 325 g/mol. The van der Waals surface area contributed by atoms with Gasteiger partial charge in [0.25, 0.3) is 0 Å². The van der Waals surface area contributed by atoms with Gasteiger partial charge in [0.15, 0.2) is 0 Å². The molecule has 0 aliphatic heterocycles. The Morgan fingerprint density at radius 2 is 1.90 bits per heavy atom. The number of nitrogens with one attached hydrogen (secondary N) is 1. The smallest absolute Gasteiger partial charge is 0.127 e. The molecule has 0 aromatic heterocycles. The van der Waals surface area contributed by atoms with Gasteiger partial charge in [-0.3, -0.25) is 0 Å². The van der Waals surface area contributed by atoms with Gasteiger partial charge in [0.05, 0.1) is 0 Å². The van der Waals surface area contributed by atoms with Crippen molar-refractivity contribution in [2.24, 2.45) is 0 Å². The summed E-state index contributed by atoms with van der Waals surface area (Å²) in [5.74, 6) is -0.280. The minimum atomic E-state index is -0.280. The van der Waals surface area contributed by atoms with Crippen molar-refractivity contribution in [2.75, 3.05) is 6.54 Å². The van der Waals surface area contributed by atoms with E-state index < -0.39 is 0 Å². The summed E-state index contributed by atoms with van der Waals surface area (Å²) < 4.78 is 14.0. The molecule has 2 aromatic rings. The van der Waals surface area contributed by atoms with E-state index in [1.807, 2.05) is 24.3 Å². The van der Waals surface area contributed by atoms with Crippen molar-refractivity contribution in [1.29, 1.82) is 0 Å². The van der Waals surface area contributed by atoms with E-state index in [1.165, 1.54) is 6.07 Å². The average molecular weight is 326 g/mol. The molecule has 21 heavy (non-hydrogen) atoms. The lowest BCUT2D eigenvalue weighted by Crippen LogP contribution is -2.24. The summed E-state index contributed by atoms with van der Waals surface area (Å²) in [4.78, 5) is 0. The fourth-order valence-corrected chi connectivity index (χ4v) is 2.70. The topological polar surface area (TPSA) is 12.0 Å². The van der Waals surface area contributed by atoms with E-state index in [4.69, 9.17) is 23.2 Å². The first-order valence-electron chi connectivity index (χ1n) is 7.03. The summed E-state index contributed by atoms with van der Waals surface area (Å²) in [5.41, 5.74) is 1.62. The molecule has 2 aromatic carbocycles. The minimum Gasteiger partial charge on any atom is -0.310 e. The van der Waals surface area contributed by atoms with Crippen molar-refractivity contribution < 1.29 is 4.39 Å². The standard InChI is InChI=1S/C17H18Cl2FN/c1-2-9-21-17(14-5-3-4-6-15(14)19)10-12-7-8-13(18)11-16(12)20/h3-8,11,17,21H,2,9-10H2,1H3. The first kappa shape index (κ1) is 16.3. The van der Waals surface area contributed by atoms with E-state index in [0.29, 0.717) is 22.0 Å². The van der Waals surface area contributed by atoms with Crippen molar-refractivity contribution in [2.45, 2.75) is 25.8 Å². The molecule has 0 bridgehead atoms. The zero-order valence-corrected chi connectivity index (χ0v) is 13.4. The molecule has 1 nitrogen and oxygen atoms in total. The summed E-state index contributed by atoms with van der Waals surface area (Å²) in [7, 11) is 0. The zero-order chi connectivity index (χ0) is 15.2. The predicted octanol–water partition coefficient (Wildman–Crippen LogP) is 5.42. The van der Waals surface area contributed by atoms with Gasteiger partial charge < -0.3 is 5.32 Å². The quantitative estimate of drug-likeness (QED) is 0.748. The van der Waals surface area contributed by atoms with Crippen LogP contribution in [0.15, 0.2) is 42.5 Å². The number of hydrogen-bond acceptors (Lipinski definition) is 1. The molecule has 1 atom stereocenters. The molecule has 0 aliphatic rings. The van der Waals surface area contributed by atoms with Crippen molar-refractivity contribution in [3.8, 4) is 0 Å². The third-order valence-electron chi connectivity index (χ3n) is 3.36. The number of halogens is 3. The van der Waals surface area contributed by atoms with Crippen LogP contribution in [0.4, 0.5) is 4.39 Å². The first-order valence-corrected chi connectivity index (χ1v) is 7.79. The van der Waals surface area contributed by atoms with E-state index in [1.54, 1.807) is 12.1 Å². The van der Waals surface area contributed by atoms with E-state index >= 15 is 0 Å². The first-order chi connectivity index (χ1) is 10.1. The predicted molar refractivity (Wildman–Crippen MR) is 87.6 cm³/mol. The van der Waals surface area contributed by atoms with Crippen molar-refractivity contribution in [3.63, 3.8) is 0 Å². The van der Waals surface area contributed by atoms with Gasteiger partial charge in [-0.25, -0.2) is 4.39 Å². The summed E-state index contributed by atoms with van der Waals surface area (Å²) in [6.07, 6.45) is 1.54. The van der Waals surface area contributed by atoms with Crippen LogP contribution in [0, 0.1) is 5.82 Å². The average Bonchev–Trinajstić information content (AvgIpc) is 2.46. The Morgan fingerprint density at radius 3 is 2.57 bits per heavy atom. The maximum Gasteiger partial charge on any atom is 0.127 e. The Balaban J connectivity index is 2.26. The van der Waals surface area contributed by atoms with E-state index in [9.17, 15) is 4.39 Å². The molecule has 0 heterocycles. The number of hydrogen-bond donors (Lipinski definition) is 1. The summed E-state index contributed by atoms with van der Waals surface area (Å²) in [5, 5.41) is 4.54. The fraction of sp³-hybridized carbons (Fsp3) is 0.294. The van der Waals surface area contributed by atoms with Gasteiger partial charge in [-0.05, 0) is 48.7 Å². The lowest BCUT2D eigenvalue weighted by Gasteiger charge is -2.20. The largest absolute Gasteiger partial charge is 0.310 e. The molecule has 1 N–H and O–H groups in total. The van der Waals surface area contributed by atoms with Gasteiger partial charge in [0, 0.05) is 16.1 Å². The third-order valence-corrected chi connectivity index (χ3v) is 3.94. The molecule has 4 heteroatoms. The Kier molecular flexibility index (Phi) is 6.04. The second kappa shape index (κ2) is 7.79. The van der Waals surface area contributed by atoms with Gasteiger partial charge in [0.1, 0.15) is 5.82 Å². The van der Waals surface area contributed by atoms with Crippen molar-refractivity contribution in [3.05, 3.63) is 69.5 Å². The van der Waals surface area contributed by atoms with E-state index in [-0.39, 0.29) is 11.9 Å². The number of benzene rings is 2. The maximum absolute atomic E-state index is 14.0.